The minimum atomic E-state index is 0. The van der Waals surface area contributed by atoms with Crippen LogP contribution in [0.3, 0.4) is 0 Å². The van der Waals surface area contributed by atoms with Gasteiger partial charge in [-0.3, -0.25) is 10.6 Å². The molecule has 2 saturated heterocycles. The van der Waals surface area contributed by atoms with Crippen LogP contribution in [0.4, 0.5) is 0 Å². The van der Waals surface area contributed by atoms with E-state index in [1.807, 2.05) is 0 Å². The van der Waals surface area contributed by atoms with E-state index < -0.39 is 0 Å². The van der Waals surface area contributed by atoms with Crippen molar-refractivity contribution >= 4 is 47.1 Å². The minimum Gasteiger partial charge on any atom is -0.302 e. The number of nitrogens with zero attached hydrogens (tertiary/aromatic N) is 2. The molecule has 0 aliphatic carbocycles. The van der Waals surface area contributed by atoms with Gasteiger partial charge in [-0.1, -0.05) is 0 Å². The molecule has 4 radical (unpaired) electrons. The third kappa shape index (κ3) is 8.86. The van der Waals surface area contributed by atoms with Crippen LogP contribution >= 0.6 is 23.2 Å². The Morgan fingerprint density at radius 2 is 1.24 bits per heavy atom. The normalized spacial score (nSPS) is 31.1. The number of piperazine rings is 2. The average Bonchev–Trinajstić information content (AvgIpc) is 2.17. The largest absolute Gasteiger partial charge is 0.302 e. The summed E-state index contributed by atoms with van der Waals surface area (Å²) in [6, 6.07) is 0. The zero-order chi connectivity index (χ0) is 12.0. The van der Waals surface area contributed by atoms with Gasteiger partial charge in [0.15, 0.2) is 0 Å². The molecule has 0 saturated carbocycles. The zero-order valence-electron chi connectivity index (χ0n) is 10.5. The van der Waals surface area contributed by atoms with Crippen LogP contribution < -0.4 is 10.6 Å². The van der Waals surface area contributed by atoms with Gasteiger partial charge in [-0.25, -0.2) is 0 Å². The number of nitrogens with one attached hydrogen (secondary N) is 2. The molecule has 2 rings (SSSR count). The van der Waals surface area contributed by atoms with Gasteiger partial charge < -0.3 is 9.80 Å². The SMILES string of the molecule is CN1CCNC(Cl)C1.CN1CCNC(Cl)C1.[Sn]. The molecule has 7 heteroatoms. The second-order valence-electron chi connectivity index (χ2n) is 4.37. The number of likely N-dealkylation sites (N-methyl/N-ethyl adjacent to an activating group) is 2. The van der Waals surface area contributed by atoms with Crippen molar-refractivity contribution < 1.29 is 0 Å². The van der Waals surface area contributed by atoms with Gasteiger partial charge in [0.25, 0.3) is 0 Å². The fraction of sp³-hybridized carbons (Fsp3) is 1.00. The number of hydrogen-bond acceptors (Lipinski definition) is 4. The predicted molar refractivity (Wildman–Crippen MR) is 76.0 cm³/mol. The monoisotopic (exact) mass is 388 g/mol. The molecular weight excluding hydrogens is 366 g/mol. The maximum absolute atomic E-state index is 5.76. The van der Waals surface area contributed by atoms with Crippen LogP contribution in [0.5, 0.6) is 0 Å². The molecule has 2 aliphatic rings. The van der Waals surface area contributed by atoms with Crippen molar-refractivity contribution in [3.05, 3.63) is 0 Å². The first-order valence-corrected chi connectivity index (χ1v) is 6.57. The molecule has 0 aromatic carbocycles. The van der Waals surface area contributed by atoms with Crippen LogP contribution in [0.1, 0.15) is 0 Å². The van der Waals surface area contributed by atoms with Crippen molar-refractivity contribution in [3.8, 4) is 0 Å². The number of rotatable bonds is 0. The second kappa shape index (κ2) is 10.1. The number of hydrogen-bond donors (Lipinski definition) is 2. The molecule has 100 valence electrons. The van der Waals surface area contributed by atoms with Crippen molar-refractivity contribution in [1.29, 1.82) is 0 Å². The van der Waals surface area contributed by atoms with Crippen molar-refractivity contribution in [1.82, 2.24) is 20.4 Å². The fourth-order valence-corrected chi connectivity index (χ4v) is 2.37. The topological polar surface area (TPSA) is 30.5 Å². The molecule has 2 fully saturated rings. The maximum Gasteiger partial charge on any atom is 0.0954 e. The maximum atomic E-state index is 5.76. The Bertz CT molecular complexity index is 163. The summed E-state index contributed by atoms with van der Waals surface area (Å²) in [4.78, 5) is 4.43. The first kappa shape index (κ1) is 18.2. The predicted octanol–water partition coefficient (Wildman–Crippen LogP) is -0.208. The summed E-state index contributed by atoms with van der Waals surface area (Å²) in [5.74, 6) is 0. The minimum absolute atomic E-state index is 0. The molecule has 0 aromatic rings. The number of alkyl halides is 2. The third-order valence-electron chi connectivity index (χ3n) is 2.66. The van der Waals surface area contributed by atoms with E-state index in [0.29, 0.717) is 0 Å². The molecule has 0 aromatic heterocycles. The zero-order valence-corrected chi connectivity index (χ0v) is 14.9. The van der Waals surface area contributed by atoms with E-state index in [1.54, 1.807) is 0 Å². The van der Waals surface area contributed by atoms with E-state index in [1.165, 1.54) is 0 Å². The molecule has 17 heavy (non-hydrogen) atoms. The van der Waals surface area contributed by atoms with Gasteiger partial charge in [0, 0.05) is 63.2 Å². The second-order valence-corrected chi connectivity index (χ2v) is 5.42. The van der Waals surface area contributed by atoms with Gasteiger partial charge in [0.2, 0.25) is 0 Å². The van der Waals surface area contributed by atoms with E-state index in [-0.39, 0.29) is 34.9 Å². The summed E-state index contributed by atoms with van der Waals surface area (Å²) < 4.78 is 0. The first-order chi connectivity index (χ1) is 7.58. The molecule has 2 aliphatic heterocycles. The van der Waals surface area contributed by atoms with Crippen molar-refractivity contribution in [2.75, 3.05) is 53.4 Å². The van der Waals surface area contributed by atoms with Crippen LogP contribution in [0.25, 0.3) is 0 Å². The summed E-state index contributed by atoms with van der Waals surface area (Å²) in [6.07, 6.45) is 0. The average molecular weight is 388 g/mol. The van der Waals surface area contributed by atoms with Gasteiger partial charge in [0.1, 0.15) is 0 Å². The summed E-state index contributed by atoms with van der Waals surface area (Å²) in [5, 5.41) is 6.27. The third-order valence-corrected chi connectivity index (χ3v) is 3.25. The Balaban J connectivity index is 0.000000284. The molecule has 0 bridgehead atoms. The van der Waals surface area contributed by atoms with E-state index in [9.17, 15) is 0 Å². The van der Waals surface area contributed by atoms with E-state index in [0.717, 1.165) is 39.3 Å². The van der Waals surface area contributed by atoms with Crippen molar-refractivity contribution in [2.45, 2.75) is 11.0 Å². The fourth-order valence-electron chi connectivity index (χ4n) is 1.68. The Labute approximate surface area is 131 Å². The quantitative estimate of drug-likeness (QED) is 0.342. The molecule has 2 unspecified atom stereocenters. The van der Waals surface area contributed by atoms with Gasteiger partial charge in [-0.15, -0.1) is 23.2 Å². The van der Waals surface area contributed by atoms with E-state index >= 15 is 0 Å². The van der Waals surface area contributed by atoms with Gasteiger partial charge in [-0.05, 0) is 14.1 Å². The van der Waals surface area contributed by atoms with E-state index in [4.69, 9.17) is 23.2 Å². The molecule has 0 spiro atoms. The standard InChI is InChI=1S/2C5H11ClN2.Sn/c2*1-8-3-2-7-5(6)4-8;/h2*5,7H,2-4H2,1H3;. The molecule has 2 heterocycles. The summed E-state index contributed by atoms with van der Waals surface area (Å²) in [7, 11) is 4.16. The first-order valence-electron chi connectivity index (χ1n) is 5.70. The molecular formula is C10H22Cl2N4Sn. The van der Waals surface area contributed by atoms with Crippen LogP contribution in [0, 0.1) is 0 Å². The number of halogens is 2. The summed E-state index contributed by atoms with van der Waals surface area (Å²) >= 11 is 11.5. The molecule has 2 atom stereocenters. The summed E-state index contributed by atoms with van der Waals surface area (Å²) in [5.41, 5.74) is 0.322. The Hall–Kier alpha value is 1.22. The van der Waals surface area contributed by atoms with Crippen molar-refractivity contribution in [2.24, 2.45) is 0 Å². The Kier molecular flexibility index (Phi) is 10.8. The Morgan fingerprint density at radius 3 is 1.41 bits per heavy atom. The van der Waals surface area contributed by atoms with Crippen LogP contribution in [-0.4, -0.2) is 98.1 Å². The van der Waals surface area contributed by atoms with Crippen LogP contribution in [0.15, 0.2) is 0 Å². The van der Waals surface area contributed by atoms with Crippen LogP contribution in [0.2, 0.25) is 0 Å². The van der Waals surface area contributed by atoms with Gasteiger partial charge in [0.05, 0.1) is 11.0 Å². The summed E-state index contributed by atoms with van der Waals surface area (Å²) in [6.45, 7) is 6.19. The molecule has 2 N–H and O–H groups in total. The van der Waals surface area contributed by atoms with Gasteiger partial charge >= 0.3 is 0 Å². The van der Waals surface area contributed by atoms with Crippen molar-refractivity contribution in [3.63, 3.8) is 0 Å². The van der Waals surface area contributed by atoms with Crippen LogP contribution in [-0.2, 0) is 0 Å². The smallest absolute Gasteiger partial charge is 0.0954 e. The van der Waals surface area contributed by atoms with E-state index in [2.05, 4.69) is 34.5 Å². The molecule has 0 amide bonds. The molecule has 4 nitrogen and oxygen atoms in total. The van der Waals surface area contributed by atoms with Gasteiger partial charge in [-0.2, -0.15) is 0 Å². The Morgan fingerprint density at radius 1 is 0.882 bits per heavy atom.